The number of ether oxygens (including phenoxy) is 1. The average molecular weight is 289 g/mol. The van der Waals surface area contributed by atoms with Gasteiger partial charge < -0.3 is 15.2 Å². The topological polar surface area (TPSA) is 58.6 Å². The van der Waals surface area contributed by atoms with Crippen LogP contribution in [0.3, 0.4) is 0 Å². The van der Waals surface area contributed by atoms with Gasteiger partial charge in [-0.2, -0.15) is 0 Å². The van der Waals surface area contributed by atoms with Crippen LogP contribution in [0.5, 0.6) is 5.75 Å². The second kappa shape index (κ2) is 5.26. The second-order valence-electron chi connectivity index (χ2n) is 4.71. The van der Waals surface area contributed by atoms with Gasteiger partial charge in [0.1, 0.15) is 11.9 Å². The Bertz CT molecular complexity index is 650. The van der Waals surface area contributed by atoms with Crippen LogP contribution in [0.15, 0.2) is 29.6 Å². The Labute approximate surface area is 121 Å². The molecule has 1 atom stereocenters. The molecule has 1 aliphatic heterocycles. The zero-order valence-electron chi connectivity index (χ0n) is 11.1. The maximum atomic E-state index is 11.8. The van der Waals surface area contributed by atoms with Gasteiger partial charge in [0.25, 0.3) is 5.91 Å². The van der Waals surface area contributed by atoms with Gasteiger partial charge in [0.05, 0.1) is 7.11 Å². The summed E-state index contributed by atoms with van der Waals surface area (Å²) >= 11 is 1.44. The highest BCUT2D eigenvalue weighted by Gasteiger charge is 2.20. The number of aliphatic hydroxyl groups excluding tert-OH is 1. The number of hydrogen-bond donors (Lipinski definition) is 2. The van der Waals surface area contributed by atoms with E-state index in [1.807, 2.05) is 23.6 Å². The molecule has 4 nitrogen and oxygen atoms in total. The normalized spacial score (nSPS) is 15.4. The number of thiophene rings is 1. The molecule has 104 valence electrons. The Morgan fingerprint density at radius 2 is 2.25 bits per heavy atom. The lowest BCUT2D eigenvalue weighted by Gasteiger charge is -2.18. The Balaban J connectivity index is 1.93. The van der Waals surface area contributed by atoms with Gasteiger partial charge in [-0.05, 0) is 29.7 Å². The van der Waals surface area contributed by atoms with Crippen molar-refractivity contribution in [1.29, 1.82) is 0 Å². The van der Waals surface area contributed by atoms with Crippen molar-refractivity contribution in [3.63, 3.8) is 0 Å². The van der Waals surface area contributed by atoms with Crippen molar-refractivity contribution in [2.24, 2.45) is 0 Å². The summed E-state index contributed by atoms with van der Waals surface area (Å²) in [6.07, 6.45) is 0.105. The molecule has 0 saturated heterocycles. The molecule has 1 amide bonds. The van der Waals surface area contributed by atoms with E-state index in [2.05, 4.69) is 5.32 Å². The van der Waals surface area contributed by atoms with Gasteiger partial charge >= 0.3 is 0 Å². The van der Waals surface area contributed by atoms with Gasteiger partial charge in [-0.15, -0.1) is 11.3 Å². The number of carbonyl (C=O) groups is 1. The van der Waals surface area contributed by atoms with Crippen molar-refractivity contribution in [1.82, 2.24) is 5.32 Å². The smallest absolute Gasteiger partial charge is 0.251 e. The van der Waals surface area contributed by atoms with Crippen LogP contribution in [0, 0.1) is 0 Å². The van der Waals surface area contributed by atoms with Crippen LogP contribution in [0.2, 0.25) is 0 Å². The fraction of sp³-hybridized carbons (Fsp3) is 0.267. The molecule has 2 N–H and O–H groups in total. The number of nitrogens with one attached hydrogen (secondary N) is 1. The highest BCUT2D eigenvalue weighted by Crippen LogP contribution is 2.32. The molecule has 3 rings (SSSR count). The number of hydrogen-bond acceptors (Lipinski definition) is 4. The SMILES string of the molecule is COc1csc(C(O)c2ccc3c(c2)C(=O)NCC3)c1. The van der Waals surface area contributed by atoms with Crippen LogP contribution in [-0.4, -0.2) is 24.7 Å². The molecule has 20 heavy (non-hydrogen) atoms. The van der Waals surface area contributed by atoms with E-state index in [0.717, 1.165) is 28.2 Å². The van der Waals surface area contributed by atoms with E-state index in [9.17, 15) is 9.90 Å². The Morgan fingerprint density at radius 1 is 1.40 bits per heavy atom. The molecule has 2 heterocycles. The first-order valence-corrected chi connectivity index (χ1v) is 7.28. The van der Waals surface area contributed by atoms with Crippen molar-refractivity contribution in [2.45, 2.75) is 12.5 Å². The van der Waals surface area contributed by atoms with Crippen LogP contribution in [0.4, 0.5) is 0 Å². The maximum absolute atomic E-state index is 11.8. The van der Waals surface area contributed by atoms with Gasteiger partial charge in [-0.1, -0.05) is 12.1 Å². The van der Waals surface area contributed by atoms with E-state index >= 15 is 0 Å². The minimum atomic E-state index is -0.732. The number of carbonyl (C=O) groups excluding carboxylic acids is 1. The summed E-state index contributed by atoms with van der Waals surface area (Å²) in [5.74, 6) is 0.670. The molecule has 2 aromatic rings. The Morgan fingerprint density at radius 3 is 3.00 bits per heavy atom. The fourth-order valence-electron chi connectivity index (χ4n) is 2.35. The van der Waals surface area contributed by atoms with Crippen molar-refractivity contribution in [2.75, 3.05) is 13.7 Å². The number of rotatable bonds is 3. The first kappa shape index (κ1) is 13.1. The third-order valence-corrected chi connectivity index (χ3v) is 4.44. The van der Waals surface area contributed by atoms with E-state index in [0.29, 0.717) is 12.1 Å². The van der Waals surface area contributed by atoms with Crippen LogP contribution < -0.4 is 10.1 Å². The van der Waals surface area contributed by atoms with E-state index in [1.165, 1.54) is 11.3 Å². The third-order valence-electron chi connectivity index (χ3n) is 3.48. The van der Waals surface area contributed by atoms with Crippen LogP contribution >= 0.6 is 11.3 Å². The lowest BCUT2D eigenvalue weighted by molar-refractivity contribution is 0.0945. The van der Waals surface area contributed by atoms with Gasteiger partial charge in [0.2, 0.25) is 0 Å². The molecule has 1 aromatic heterocycles. The molecule has 1 aliphatic rings. The Kier molecular flexibility index (Phi) is 3.46. The quantitative estimate of drug-likeness (QED) is 0.910. The first-order chi connectivity index (χ1) is 9.69. The second-order valence-corrected chi connectivity index (χ2v) is 5.66. The monoisotopic (exact) mass is 289 g/mol. The molecule has 0 bridgehead atoms. The summed E-state index contributed by atoms with van der Waals surface area (Å²) in [5, 5.41) is 15.1. The van der Waals surface area contributed by atoms with Crippen molar-refractivity contribution in [3.05, 3.63) is 51.2 Å². The molecule has 0 radical (unpaired) electrons. The number of amides is 1. The third kappa shape index (κ3) is 2.30. The highest BCUT2D eigenvalue weighted by atomic mass is 32.1. The summed E-state index contributed by atoms with van der Waals surface area (Å²) in [7, 11) is 1.60. The van der Waals surface area contributed by atoms with E-state index < -0.39 is 6.10 Å². The van der Waals surface area contributed by atoms with Gasteiger partial charge in [0, 0.05) is 22.4 Å². The molecule has 1 aromatic carbocycles. The van der Waals surface area contributed by atoms with Gasteiger partial charge in [-0.3, -0.25) is 4.79 Å². The molecule has 0 saturated carbocycles. The largest absolute Gasteiger partial charge is 0.496 e. The number of methoxy groups -OCH3 is 1. The van der Waals surface area contributed by atoms with Crippen LogP contribution in [-0.2, 0) is 6.42 Å². The number of fused-ring (bicyclic) bond motifs is 1. The van der Waals surface area contributed by atoms with Crippen LogP contribution in [0.1, 0.15) is 32.5 Å². The molecule has 0 spiro atoms. The van der Waals surface area contributed by atoms with Gasteiger partial charge in [-0.25, -0.2) is 0 Å². The highest BCUT2D eigenvalue weighted by molar-refractivity contribution is 7.10. The van der Waals surface area contributed by atoms with E-state index in [1.54, 1.807) is 13.2 Å². The predicted octanol–water partition coefficient (Wildman–Crippen LogP) is 2.12. The summed E-state index contributed by atoms with van der Waals surface area (Å²) in [6.45, 7) is 0.676. The van der Waals surface area contributed by atoms with E-state index in [4.69, 9.17) is 4.74 Å². The lowest BCUT2D eigenvalue weighted by atomic mass is 9.95. The minimum Gasteiger partial charge on any atom is -0.496 e. The average Bonchev–Trinajstić information content (AvgIpc) is 2.95. The molecule has 1 unspecified atom stereocenters. The number of benzene rings is 1. The predicted molar refractivity (Wildman–Crippen MR) is 77.4 cm³/mol. The van der Waals surface area contributed by atoms with Crippen LogP contribution in [0.25, 0.3) is 0 Å². The molecular weight excluding hydrogens is 274 g/mol. The minimum absolute atomic E-state index is 0.0657. The zero-order chi connectivity index (χ0) is 14.1. The molecule has 5 heteroatoms. The molecule has 0 aliphatic carbocycles. The standard InChI is InChI=1S/C15H15NO3S/c1-19-11-7-13(20-8-11)14(17)10-3-2-9-4-5-16-15(18)12(9)6-10/h2-3,6-8,14,17H,4-5H2,1H3,(H,16,18). The van der Waals surface area contributed by atoms with Crippen molar-refractivity contribution in [3.8, 4) is 5.75 Å². The van der Waals surface area contributed by atoms with Gasteiger partial charge in [0.15, 0.2) is 0 Å². The van der Waals surface area contributed by atoms with Crippen molar-refractivity contribution >= 4 is 17.2 Å². The fourth-order valence-corrected chi connectivity index (χ4v) is 3.21. The Hall–Kier alpha value is -1.85. The summed E-state index contributed by atoms with van der Waals surface area (Å²) in [5.41, 5.74) is 2.43. The first-order valence-electron chi connectivity index (χ1n) is 6.40. The molecule has 0 fully saturated rings. The molecular formula is C15H15NO3S. The zero-order valence-corrected chi connectivity index (χ0v) is 11.9. The summed E-state index contributed by atoms with van der Waals surface area (Å²) in [4.78, 5) is 12.6. The van der Waals surface area contributed by atoms with Crippen molar-refractivity contribution < 1.29 is 14.6 Å². The number of aliphatic hydroxyl groups is 1. The lowest BCUT2D eigenvalue weighted by Crippen LogP contribution is -2.31. The summed E-state index contributed by atoms with van der Waals surface area (Å²) in [6, 6.07) is 7.40. The summed E-state index contributed by atoms with van der Waals surface area (Å²) < 4.78 is 5.12. The maximum Gasteiger partial charge on any atom is 0.251 e. The van der Waals surface area contributed by atoms with E-state index in [-0.39, 0.29) is 5.91 Å².